The second kappa shape index (κ2) is 24.8. The van der Waals surface area contributed by atoms with E-state index in [-0.39, 0.29) is 43.1 Å². The minimum Gasteiger partial charge on any atom is -0.396 e. The van der Waals surface area contributed by atoms with E-state index >= 15 is 0 Å². The summed E-state index contributed by atoms with van der Waals surface area (Å²) in [4.78, 5) is 12.9. The van der Waals surface area contributed by atoms with E-state index in [0.29, 0.717) is 63.5 Å². The summed E-state index contributed by atoms with van der Waals surface area (Å²) < 4.78 is 11.9. The van der Waals surface area contributed by atoms with Crippen LogP contribution < -0.4 is 16.0 Å². The zero-order chi connectivity index (χ0) is 49.9. The maximum Gasteiger partial charge on any atom is 0.146 e. The van der Waals surface area contributed by atoms with Gasteiger partial charge in [0.05, 0.1) is 31.5 Å². The van der Waals surface area contributed by atoms with Crippen molar-refractivity contribution >= 4 is 6.29 Å². The molecule has 0 amide bonds. The Balaban J connectivity index is 1.20. The number of aldehydes is 1. The maximum atomic E-state index is 13.4. The minimum absolute atomic E-state index is 0.0418. The van der Waals surface area contributed by atoms with Gasteiger partial charge in [-0.2, -0.15) is 0 Å². The van der Waals surface area contributed by atoms with Gasteiger partial charge in [-0.05, 0) is 181 Å². The number of hydrogen-bond donors (Lipinski definition) is 8. The highest BCUT2D eigenvalue weighted by atomic mass is 16.5. The largest absolute Gasteiger partial charge is 0.396 e. The lowest BCUT2D eigenvalue weighted by molar-refractivity contribution is -0.207. The van der Waals surface area contributed by atoms with Crippen LogP contribution in [-0.4, -0.2) is 129 Å². The molecule has 5 aliphatic carbocycles. The molecule has 11 nitrogen and oxygen atoms in total. The second-order valence-electron chi connectivity index (χ2n) is 22.4. The highest BCUT2D eigenvalue weighted by molar-refractivity contribution is 5.77. The predicted molar refractivity (Wildman–Crippen MR) is 279 cm³/mol. The summed E-state index contributed by atoms with van der Waals surface area (Å²) in [6.45, 7) is 9.60. The molecular weight excluding hydrogens is 879 g/mol. The van der Waals surface area contributed by atoms with Gasteiger partial charge in [0, 0.05) is 49.2 Å². The Morgan fingerprint density at radius 1 is 1.07 bits per heavy atom. The van der Waals surface area contributed by atoms with Gasteiger partial charge in [-0.3, -0.25) is 4.79 Å². The molecule has 388 valence electrons. The highest BCUT2D eigenvalue weighted by Crippen LogP contribution is 2.72. The first-order valence-corrected chi connectivity index (χ1v) is 27.0. The Hall–Kier alpha value is -3.07. The van der Waals surface area contributed by atoms with Crippen molar-refractivity contribution in [2.75, 3.05) is 73.9 Å². The lowest BCUT2D eigenvalue weighted by atomic mass is 9.40. The van der Waals surface area contributed by atoms with E-state index in [0.717, 1.165) is 80.2 Å². The molecule has 4 bridgehead atoms. The van der Waals surface area contributed by atoms with Gasteiger partial charge in [-0.1, -0.05) is 91.3 Å². The number of carbonyl (C=O) groups is 1. The third-order valence-electron chi connectivity index (χ3n) is 18.3. The number of nitrogens with one attached hydrogen (secondary N) is 3. The zero-order valence-electron chi connectivity index (χ0n) is 43.1. The maximum absolute atomic E-state index is 13.4. The standard InChI is InChI=1S/C59H89N3O8/c1-41-18-19-46(32-43-12-9-13-44(31-43)33-57(62-34-41,27-30-69-5)52-17-7-6-14-47(52)35-61-4)42(2)11-8-15-49(38-70-39-50(66)37-65)51-21-25-59(55(51)67)54-45(22-29-63)20-24-56(40-58(59,68)26-28-60-3)23-10-16-48(36-64)53(54)56/h8-9,11-13,15,18,20,24,31,36,45-47,50-52,54-55,60-63,65-68H,2,6-7,10,14,16-17,19,21-23,25-30,32-35,37-40H2,1,3-5H3/b11-8+,41-18+,49-15-/t45-,46-,47-,50-,51+,52+,54-,55-,56-,57-,58-,59-/m1/s1. The van der Waals surface area contributed by atoms with Crippen molar-refractivity contribution in [2.45, 2.75) is 133 Å². The number of aliphatic hydroxyl groups is 5. The van der Waals surface area contributed by atoms with Crippen LogP contribution in [0.3, 0.4) is 0 Å². The van der Waals surface area contributed by atoms with E-state index in [1.54, 1.807) is 0 Å². The van der Waals surface area contributed by atoms with Gasteiger partial charge in [-0.15, -0.1) is 0 Å². The molecule has 1 heterocycles. The van der Waals surface area contributed by atoms with Crippen molar-refractivity contribution in [1.82, 2.24) is 16.0 Å². The van der Waals surface area contributed by atoms with Crippen molar-refractivity contribution < 1.29 is 39.8 Å². The molecular formula is C59H89N3O8. The van der Waals surface area contributed by atoms with E-state index in [1.807, 2.05) is 26.3 Å². The average molecular weight is 968 g/mol. The van der Waals surface area contributed by atoms with Gasteiger partial charge in [0.15, 0.2) is 0 Å². The Labute approximate surface area is 420 Å². The molecule has 0 aromatic heterocycles. The van der Waals surface area contributed by atoms with E-state index in [1.165, 1.54) is 42.4 Å². The Morgan fingerprint density at radius 2 is 1.89 bits per heavy atom. The summed E-state index contributed by atoms with van der Waals surface area (Å²) in [5.41, 5.74) is 4.81. The van der Waals surface area contributed by atoms with E-state index in [4.69, 9.17) is 9.47 Å². The average Bonchev–Trinajstić information content (AvgIpc) is 3.71. The van der Waals surface area contributed by atoms with Crippen LogP contribution in [0, 0.1) is 46.3 Å². The number of methoxy groups -OCH3 is 1. The lowest BCUT2D eigenvalue weighted by Gasteiger charge is -2.66. The molecule has 3 saturated carbocycles. The van der Waals surface area contributed by atoms with Crippen molar-refractivity contribution in [3.63, 3.8) is 0 Å². The molecule has 1 aromatic carbocycles. The normalized spacial score (nSPS) is 36.0. The van der Waals surface area contributed by atoms with Gasteiger partial charge < -0.3 is 51.0 Å². The smallest absolute Gasteiger partial charge is 0.146 e. The molecule has 1 aliphatic heterocycles. The molecule has 8 N–H and O–H groups in total. The SMILES string of the molecule is C=C(/C=C/C=C(/COC[C@H](O)CO)[C@@H]1CC[C@]2([C@@H]1O)[C@H]1C3=C(C=O)CCC[C@@]3(C=C[C@@H]1CCO)C[C@]2(O)CCNC)[C@@H]1C/C=C(\C)CN[C@@](CCOC)([C@H]2CCCC[C@@H]2CNC)Cc2cccc(c2)C1. The number of allylic oxidation sites excluding steroid dienone is 9. The van der Waals surface area contributed by atoms with Gasteiger partial charge >= 0.3 is 0 Å². The molecule has 70 heavy (non-hydrogen) atoms. The molecule has 0 saturated heterocycles. The van der Waals surface area contributed by atoms with Gasteiger partial charge in [-0.25, -0.2) is 0 Å². The highest BCUT2D eigenvalue weighted by Gasteiger charge is 2.71. The van der Waals surface area contributed by atoms with E-state index in [2.05, 4.69) is 85.1 Å². The first-order chi connectivity index (χ1) is 33.9. The Bertz CT molecular complexity index is 2080. The topological polar surface area (TPSA) is 173 Å². The molecule has 1 spiro atoms. The third-order valence-corrected chi connectivity index (χ3v) is 18.3. The number of rotatable bonds is 21. The molecule has 11 heteroatoms. The first kappa shape index (κ1) is 54.7. The molecule has 6 aliphatic rings. The first-order valence-electron chi connectivity index (χ1n) is 27.0. The van der Waals surface area contributed by atoms with Crippen molar-refractivity contribution in [3.05, 3.63) is 106 Å². The monoisotopic (exact) mass is 968 g/mol. The Morgan fingerprint density at radius 3 is 2.64 bits per heavy atom. The van der Waals surface area contributed by atoms with E-state index < -0.39 is 41.2 Å². The molecule has 3 fully saturated rings. The molecule has 7 rings (SSSR count). The number of benzene rings is 1. The van der Waals surface area contributed by atoms with Crippen LogP contribution in [0.25, 0.3) is 0 Å². The van der Waals surface area contributed by atoms with Crippen LogP contribution >= 0.6 is 0 Å². The van der Waals surface area contributed by atoms with Gasteiger partial charge in [0.25, 0.3) is 0 Å². The Kier molecular flexibility index (Phi) is 19.4. The van der Waals surface area contributed by atoms with Gasteiger partial charge in [0.1, 0.15) is 12.4 Å². The second-order valence-corrected chi connectivity index (χ2v) is 22.4. The number of fused-ring (bicyclic) bond motifs is 3. The summed E-state index contributed by atoms with van der Waals surface area (Å²) >= 11 is 0. The zero-order valence-corrected chi connectivity index (χ0v) is 43.1. The molecule has 0 unspecified atom stereocenters. The summed E-state index contributed by atoms with van der Waals surface area (Å²) in [6, 6.07) is 9.18. The summed E-state index contributed by atoms with van der Waals surface area (Å²) in [5.74, 6) is 0.381. The molecule has 12 atom stereocenters. The van der Waals surface area contributed by atoms with E-state index in [9.17, 15) is 30.3 Å². The van der Waals surface area contributed by atoms with Crippen LogP contribution in [0.1, 0.15) is 108 Å². The fourth-order valence-electron chi connectivity index (χ4n) is 14.9. The van der Waals surface area contributed by atoms with Crippen molar-refractivity contribution in [2.24, 2.45) is 46.3 Å². The van der Waals surface area contributed by atoms with Crippen LogP contribution in [-0.2, 0) is 27.1 Å². The lowest BCUT2D eigenvalue weighted by Crippen LogP contribution is -2.67. The molecule has 1 aromatic rings. The minimum atomic E-state index is -1.27. The quantitative estimate of drug-likeness (QED) is 0.0367. The van der Waals surface area contributed by atoms with Crippen LogP contribution in [0.15, 0.2) is 95.2 Å². The van der Waals surface area contributed by atoms with Crippen molar-refractivity contribution in [3.8, 4) is 0 Å². The summed E-state index contributed by atoms with van der Waals surface area (Å²) in [7, 11) is 5.79. The summed E-state index contributed by atoms with van der Waals surface area (Å²) in [6.07, 6.45) is 25.3. The number of hydrogen-bond acceptors (Lipinski definition) is 11. The van der Waals surface area contributed by atoms with Crippen LogP contribution in [0.4, 0.5) is 0 Å². The van der Waals surface area contributed by atoms with Crippen LogP contribution in [0.5, 0.6) is 0 Å². The number of carbonyl (C=O) groups excluding carboxylic acids is 1. The number of ether oxygens (including phenoxy) is 2. The predicted octanol–water partition coefficient (Wildman–Crippen LogP) is 6.89. The summed E-state index contributed by atoms with van der Waals surface area (Å²) in [5, 5.41) is 67.9. The fourth-order valence-corrected chi connectivity index (χ4v) is 14.9. The van der Waals surface area contributed by atoms with Crippen LogP contribution in [0.2, 0.25) is 0 Å². The third kappa shape index (κ3) is 11.5. The fraction of sp³-hybridized carbons (Fsp3) is 0.678. The van der Waals surface area contributed by atoms with Gasteiger partial charge in [0.2, 0.25) is 0 Å². The molecule has 0 radical (unpaired) electrons. The number of aliphatic hydroxyl groups excluding tert-OH is 4. The van der Waals surface area contributed by atoms with Crippen molar-refractivity contribution in [1.29, 1.82) is 0 Å².